The number of carbonyl (C=O) groups excluding carboxylic acids is 1. The molecule has 222 valence electrons. The van der Waals surface area contributed by atoms with Gasteiger partial charge in [-0.2, -0.15) is 14.8 Å². The molecule has 1 amide bonds. The van der Waals surface area contributed by atoms with E-state index in [0.717, 1.165) is 35.1 Å². The van der Waals surface area contributed by atoms with Gasteiger partial charge in [0.15, 0.2) is 5.13 Å². The van der Waals surface area contributed by atoms with Gasteiger partial charge in [-0.15, -0.1) is 0 Å². The Labute approximate surface area is 250 Å². The first-order valence-electron chi connectivity index (χ1n) is 13.9. The summed E-state index contributed by atoms with van der Waals surface area (Å²) in [6.45, 7) is 6.69. The fourth-order valence-electron chi connectivity index (χ4n) is 4.64. The molecule has 0 atom stereocenters. The van der Waals surface area contributed by atoms with Crippen LogP contribution in [0.4, 0.5) is 5.13 Å². The molecule has 0 aliphatic carbocycles. The molecule has 42 heavy (non-hydrogen) atoms. The standard InChI is InChI=1S/C29H34N6O5S2/c1-2-40-25-7-3-8-26-27(25)32-29(41-26)35(18-6-15-33-19-21-39-22-20-33)28(36)23-9-11-24(12-10-23)42(37,38)34(16-4-13-30)17-5-14-31/h3,7-12H,2,4-6,15-22H2,1H3. The quantitative estimate of drug-likeness (QED) is 0.266. The maximum atomic E-state index is 13.9. The highest BCUT2D eigenvalue weighted by Crippen LogP contribution is 2.35. The highest BCUT2D eigenvalue weighted by molar-refractivity contribution is 7.89. The molecule has 2 aromatic carbocycles. The molecular formula is C29H34N6O5S2. The van der Waals surface area contributed by atoms with Gasteiger partial charge in [-0.3, -0.25) is 14.6 Å². The smallest absolute Gasteiger partial charge is 0.260 e. The number of thiazole rings is 1. The Kier molecular flexibility index (Phi) is 11.2. The number of sulfonamides is 1. The van der Waals surface area contributed by atoms with Crippen LogP contribution in [-0.2, 0) is 14.8 Å². The molecule has 1 saturated heterocycles. The molecule has 1 fully saturated rings. The predicted molar refractivity (Wildman–Crippen MR) is 160 cm³/mol. The number of nitrogens with zero attached hydrogens (tertiary/aromatic N) is 6. The number of hydrogen-bond donors (Lipinski definition) is 0. The summed E-state index contributed by atoms with van der Waals surface area (Å²) in [4.78, 5) is 22.6. The van der Waals surface area contributed by atoms with Crippen LogP contribution >= 0.6 is 11.3 Å². The van der Waals surface area contributed by atoms with Gasteiger partial charge >= 0.3 is 0 Å². The van der Waals surface area contributed by atoms with Gasteiger partial charge < -0.3 is 9.47 Å². The molecule has 2 heterocycles. The molecule has 0 radical (unpaired) electrons. The number of fused-ring (bicyclic) bond motifs is 1. The first-order valence-corrected chi connectivity index (χ1v) is 16.1. The molecule has 0 bridgehead atoms. The van der Waals surface area contributed by atoms with Gasteiger partial charge in [0, 0.05) is 57.7 Å². The van der Waals surface area contributed by atoms with Crippen LogP contribution < -0.4 is 9.64 Å². The van der Waals surface area contributed by atoms with Gasteiger partial charge in [-0.25, -0.2) is 13.4 Å². The lowest BCUT2D eigenvalue weighted by atomic mass is 10.2. The number of nitriles is 2. The predicted octanol–water partition coefficient (Wildman–Crippen LogP) is 3.88. The minimum atomic E-state index is -3.95. The van der Waals surface area contributed by atoms with Gasteiger partial charge in [0.2, 0.25) is 10.0 Å². The molecule has 1 aliphatic heterocycles. The van der Waals surface area contributed by atoms with Gasteiger partial charge in [0.05, 0.1) is 41.6 Å². The molecule has 1 aliphatic rings. The number of benzene rings is 2. The van der Waals surface area contributed by atoms with Gasteiger partial charge in [0.25, 0.3) is 5.91 Å². The number of anilines is 1. The van der Waals surface area contributed by atoms with Gasteiger partial charge in [-0.1, -0.05) is 17.4 Å². The fraction of sp³-hybridized carbons (Fsp3) is 0.448. The van der Waals surface area contributed by atoms with Crippen LogP contribution in [0.1, 0.15) is 36.5 Å². The zero-order valence-corrected chi connectivity index (χ0v) is 25.2. The van der Waals surface area contributed by atoms with E-state index in [4.69, 9.17) is 25.0 Å². The van der Waals surface area contributed by atoms with Crippen molar-refractivity contribution < 1.29 is 22.7 Å². The lowest BCUT2D eigenvalue weighted by molar-refractivity contribution is 0.0376. The van der Waals surface area contributed by atoms with Crippen molar-refractivity contribution in [3.05, 3.63) is 48.0 Å². The summed E-state index contributed by atoms with van der Waals surface area (Å²) in [6.07, 6.45) is 0.737. The third-order valence-electron chi connectivity index (χ3n) is 6.79. The van der Waals surface area contributed by atoms with Crippen LogP contribution in [0.3, 0.4) is 0 Å². The first-order chi connectivity index (χ1) is 20.4. The largest absolute Gasteiger partial charge is 0.492 e. The second-order valence-corrected chi connectivity index (χ2v) is 12.5. The molecule has 0 saturated carbocycles. The first kappa shape index (κ1) is 31.3. The minimum absolute atomic E-state index is 0.00450. The van der Waals surface area contributed by atoms with Crippen LogP contribution in [0.2, 0.25) is 0 Å². The summed E-state index contributed by atoms with van der Waals surface area (Å²) < 4.78 is 39.7. The number of aromatic nitrogens is 1. The minimum Gasteiger partial charge on any atom is -0.492 e. The van der Waals surface area contributed by atoms with Crippen molar-refractivity contribution in [1.82, 2.24) is 14.2 Å². The maximum absolute atomic E-state index is 13.9. The van der Waals surface area contributed by atoms with E-state index < -0.39 is 10.0 Å². The number of ether oxygens (including phenoxy) is 2. The topological polar surface area (TPSA) is 140 Å². The molecule has 0 N–H and O–H groups in total. The molecule has 0 unspecified atom stereocenters. The summed E-state index contributed by atoms with van der Waals surface area (Å²) in [5, 5.41) is 18.4. The highest BCUT2D eigenvalue weighted by atomic mass is 32.2. The SMILES string of the molecule is CCOc1cccc2sc(N(CCCN3CCOCC3)C(=O)c3ccc(S(=O)(=O)N(CCC#N)CCC#N)cc3)nc12. The average Bonchev–Trinajstić information content (AvgIpc) is 3.45. The molecule has 13 heteroatoms. The number of rotatable bonds is 14. The fourth-order valence-corrected chi connectivity index (χ4v) is 7.09. The number of hydrogen-bond acceptors (Lipinski definition) is 10. The number of morpholine rings is 1. The van der Waals surface area contributed by atoms with Crippen LogP contribution in [-0.4, -0.2) is 87.6 Å². The monoisotopic (exact) mass is 610 g/mol. The van der Waals surface area contributed by atoms with Crippen LogP contribution in [0.5, 0.6) is 5.75 Å². The molecular weight excluding hydrogens is 576 g/mol. The van der Waals surface area contributed by atoms with Gasteiger partial charge in [0.1, 0.15) is 11.3 Å². The van der Waals surface area contributed by atoms with Crippen LogP contribution in [0, 0.1) is 22.7 Å². The molecule has 0 spiro atoms. The summed E-state index contributed by atoms with van der Waals surface area (Å²) in [5.74, 6) is 0.369. The van der Waals surface area contributed by atoms with Crippen molar-refractivity contribution in [1.29, 1.82) is 10.5 Å². The number of carbonyl (C=O) groups is 1. The Morgan fingerprint density at radius 3 is 2.40 bits per heavy atom. The zero-order valence-electron chi connectivity index (χ0n) is 23.6. The Morgan fingerprint density at radius 1 is 1.07 bits per heavy atom. The van der Waals surface area contributed by atoms with E-state index in [0.29, 0.717) is 48.3 Å². The van der Waals surface area contributed by atoms with E-state index in [2.05, 4.69) is 4.90 Å². The van der Waals surface area contributed by atoms with Crippen LogP contribution in [0.25, 0.3) is 10.2 Å². The van der Waals surface area contributed by atoms with E-state index in [1.54, 1.807) is 4.90 Å². The second kappa shape index (κ2) is 15.0. The summed E-state index contributed by atoms with van der Waals surface area (Å²) in [6, 6.07) is 15.4. The van der Waals surface area contributed by atoms with E-state index in [1.807, 2.05) is 37.3 Å². The van der Waals surface area contributed by atoms with Crippen molar-refractivity contribution in [2.45, 2.75) is 31.1 Å². The van der Waals surface area contributed by atoms with Crippen molar-refractivity contribution in [2.24, 2.45) is 0 Å². The lowest BCUT2D eigenvalue weighted by Gasteiger charge is -2.27. The molecule has 4 rings (SSSR count). The Bertz CT molecular complexity index is 1520. The van der Waals surface area contributed by atoms with Gasteiger partial charge in [-0.05, 0) is 49.7 Å². The Balaban J connectivity index is 1.60. The number of para-hydroxylation sites is 1. The molecule has 1 aromatic heterocycles. The normalized spacial score (nSPS) is 14.0. The zero-order chi connectivity index (χ0) is 30.0. The molecule has 11 nitrogen and oxygen atoms in total. The average molecular weight is 611 g/mol. The summed E-state index contributed by atoms with van der Waals surface area (Å²) in [5.41, 5.74) is 1.02. The third kappa shape index (κ3) is 7.62. The van der Waals surface area contributed by atoms with E-state index in [9.17, 15) is 13.2 Å². The Morgan fingerprint density at radius 2 is 1.76 bits per heavy atom. The van der Waals surface area contributed by atoms with Crippen LogP contribution in [0.15, 0.2) is 47.4 Å². The number of amides is 1. The summed E-state index contributed by atoms with van der Waals surface area (Å²) >= 11 is 1.41. The Hall–Kier alpha value is -3.59. The summed E-state index contributed by atoms with van der Waals surface area (Å²) in [7, 11) is -3.95. The van der Waals surface area contributed by atoms with Crippen molar-refractivity contribution in [3.63, 3.8) is 0 Å². The molecule has 3 aromatic rings. The lowest BCUT2D eigenvalue weighted by Crippen LogP contribution is -2.39. The van der Waals surface area contributed by atoms with Crippen molar-refractivity contribution in [3.8, 4) is 17.9 Å². The highest BCUT2D eigenvalue weighted by Gasteiger charge is 2.26. The van der Waals surface area contributed by atoms with E-state index in [-0.39, 0.29) is 36.7 Å². The van der Waals surface area contributed by atoms with Crippen molar-refractivity contribution >= 4 is 42.6 Å². The third-order valence-corrected chi connectivity index (χ3v) is 9.75. The van der Waals surface area contributed by atoms with E-state index >= 15 is 0 Å². The van der Waals surface area contributed by atoms with E-state index in [1.165, 1.54) is 35.6 Å². The van der Waals surface area contributed by atoms with Crippen molar-refractivity contribution in [2.75, 3.05) is 64.0 Å². The maximum Gasteiger partial charge on any atom is 0.260 e. The second-order valence-electron chi connectivity index (χ2n) is 9.54.